The van der Waals surface area contributed by atoms with Crippen molar-refractivity contribution >= 4 is 17.4 Å². The third kappa shape index (κ3) is 3.78. The number of esters is 1. The zero-order valence-corrected chi connectivity index (χ0v) is 8.78. The molecule has 17 heavy (non-hydrogen) atoms. The maximum atomic E-state index is 12.4. The van der Waals surface area contributed by atoms with Gasteiger partial charge >= 0.3 is 12.1 Å². The maximum Gasteiger partial charge on any atom is 0.442 e. The van der Waals surface area contributed by atoms with Crippen molar-refractivity contribution in [2.24, 2.45) is 5.10 Å². The number of hydrazone groups is 1. The molecule has 0 fully saturated rings. The van der Waals surface area contributed by atoms with E-state index in [0.29, 0.717) is 5.69 Å². The summed E-state index contributed by atoms with van der Waals surface area (Å²) in [7, 11) is 0.853. The first-order valence-corrected chi connectivity index (χ1v) is 4.49. The minimum atomic E-state index is -4.87. The van der Waals surface area contributed by atoms with Crippen LogP contribution >= 0.6 is 0 Å². The average molecular weight is 246 g/mol. The predicted molar refractivity (Wildman–Crippen MR) is 55.6 cm³/mol. The molecule has 0 aliphatic carbocycles. The van der Waals surface area contributed by atoms with E-state index in [9.17, 15) is 18.0 Å². The molecule has 0 atom stereocenters. The van der Waals surface area contributed by atoms with Crippen LogP contribution in [-0.2, 0) is 9.53 Å². The van der Waals surface area contributed by atoms with Crippen LogP contribution in [0.5, 0.6) is 0 Å². The molecule has 0 aromatic heterocycles. The number of para-hydroxylation sites is 1. The van der Waals surface area contributed by atoms with E-state index in [1.54, 1.807) is 18.2 Å². The van der Waals surface area contributed by atoms with E-state index in [2.05, 4.69) is 15.3 Å². The van der Waals surface area contributed by atoms with Gasteiger partial charge in [0.1, 0.15) is 0 Å². The van der Waals surface area contributed by atoms with Gasteiger partial charge in [0.05, 0.1) is 12.8 Å². The lowest BCUT2D eigenvalue weighted by Crippen LogP contribution is -2.33. The third-order valence-corrected chi connectivity index (χ3v) is 1.72. The summed E-state index contributed by atoms with van der Waals surface area (Å²) < 4.78 is 41.2. The van der Waals surface area contributed by atoms with Crippen LogP contribution < -0.4 is 5.43 Å². The van der Waals surface area contributed by atoms with Crippen molar-refractivity contribution in [3.63, 3.8) is 0 Å². The summed E-state index contributed by atoms with van der Waals surface area (Å²) in [5.74, 6) is -1.54. The van der Waals surface area contributed by atoms with E-state index in [4.69, 9.17) is 0 Å². The van der Waals surface area contributed by atoms with Gasteiger partial charge in [0, 0.05) is 0 Å². The number of benzene rings is 1. The SMILES string of the molecule is COC(=O)/C(=N\Nc1ccccc1)C(F)(F)F. The van der Waals surface area contributed by atoms with Gasteiger partial charge in [-0.15, -0.1) is 0 Å². The molecule has 0 saturated heterocycles. The molecule has 4 nitrogen and oxygen atoms in total. The fourth-order valence-electron chi connectivity index (χ4n) is 0.955. The summed E-state index contributed by atoms with van der Waals surface area (Å²) in [6.45, 7) is 0. The number of carbonyl (C=O) groups is 1. The second-order valence-electron chi connectivity index (χ2n) is 2.93. The molecule has 0 heterocycles. The molecule has 0 bridgehead atoms. The lowest BCUT2D eigenvalue weighted by atomic mass is 10.3. The zero-order chi connectivity index (χ0) is 12.9. The highest BCUT2D eigenvalue weighted by Gasteiger charge is 2.42. The minimum Gasteiger partial charge on any atom is -0.464 e. The van der Waals surface area contributed by atoms with Gasteiger partial charge in [-0.2, -0.15) is 18.3 Å². The van der Waals surface area contributed by atoms with Crippen LogP contribution in [0.4, 0.5) is 18.9 Å². The summed E-state index contributed by atoms with van der Waals surface area (Å²) in [6, 6.07) is 7.94. The maximum absolute atomic E-state index is 12.4. The summed E-state index contributed by atoms with van der Waals surface area (Å²) in [4.78, 5) is 10.9. The molecule has 0 radical (unpaired) electrons. The number of halogens is 3. The molecule has 0 amide bonds. The molecular formula is C10H9F3N2O2. The molecule has 0 aliphatic heterocycles. The Morgan fingerprint density at radius 2 is 1.88 bits per heavy atom. The van der Waals surface area contributed by atoms with Gasteiger partial charge in [-0.05, 0) is 12.1 Å². The Hall–Kier alpha value is -2.05. The highest BCUT2D eigenvalue weighted by Crippen LogP contribution is 2.18. The topological polar surface area (TPSA) is 50.7 Å². The van der Waals surface area contributed by atoms with E-state index in [0.717, 1.165) is 7.11 Å². The van der Waals surface area contributed by atoms with Crippen molar-refractivity contribution in [1.82, 2.24) is 0 Å². The molecule has 92 valence electrons. The number of hydrogen-bond acceptors (Lipinski definition) is 4. The van der Waals surface area contributed by atoms with Crippen LogP contribution in [0.2, 0.25) is 0 Å². The largest absolute Gasteiger partial charge is 0.464 e. The van der Waals surface area contributed by atoms with Crippen molar-refractivity contribution < 1.29 is 22.7 Å². The Kier molecular flexibility index (Phi) is 4.08. The van der Waals surface area contributed by atoms with E-state index in [-0.39, 0.29) is 0 Å². The fourth-order valence-corrected chi connectivity index (χ4v) is 0.955. The van der Waals surface area contributed by atoms with Crippen molar-refractivity contribution in [3.8, 4) is 0 Å². The van der Waals surface area contributed by atoms with E-state index >= 15 is 0 Å². The number of nitrogens with zero attached hydrogens (tertiary/aromatic N) is 1. The van der Waals surface area contributed by atoms with Crippen molar-refractivity contribution in [2.75, 3.05) is 12.5 Å². The summed E-state index contributed by atoms with van der Waals surface area (Å²) >= 11 is 0. The lowest BCUT2D eigenvalue weighted by molar-refractivity contribution is -0.137. The Balaban J connectivity index is 2.89. The third-order valence-electron chi connectivity index (χ3n) is 1.72. The van der Waals surface area contributed by atoms with Crippen molar-refractivity contribution in [1.29, 1.82) is 0 Å². The fraction of sp³-hybridized carbons (Fsp3) is 0.200. The van der Waals surface area contributed by atoms with Crippen LogP contribution in [0, 0.1) is 0 Å². The molecule has 1 aromatic carbocycles. The highest BCUT2D eigenvalue weighted by atomic mass is 19.4. The number of hydrogen-bond donors (Lipinski definition) is 1. The Morgan fingerprint density at radius 1 is 1.29 bits per heavy atom. The van der Waals surface area contributed by atoms with Gasteiger partial charge in [0.25, 0.3) is 0 Å². The molecule has 1 rings (SSSR count). The van der Waals surface area contributed by atoms with Gasteiger partial charge in [-0.3, -0.25) is 5.43 Å². The number of rotatable bonds is 3. The number of carbonyl (C=O) groups excluding carboxylic acids is 1. The quantitative estimate of drug-likeness (QED) is 0.505. The summed E-state index contributed by atoms with van der Waals surface area (Å²) in [5, 5.41) is 3.00. The lowest BCUT2D eigenvalue weighted by Gasteiger charge is -2.08. The minimum absolute atomic E-state index is 0.332. The normalized spacial score (nSPS) is 12.1. The van der Waals surface area contributed by atoms with Gasteiger partial charge in [0.2, 0.25) is 5.71 Å². The van der Waals surface area contributed by atoms with Gasteiger partial charge < -0.3 is 4.74 Å². The number of ether oxygens (including phenoxy) is 1. The number of alkyl halides is 3. The first kappa shape index (κ1) is 13.0. The smallest absolute Gasteiger partial charge is 0.442 e. The van der Waals surface area contributed by atoms with Gasteiger partial charge in [0.15, 0.2) is 0 Å². The van der Waals surface area contributed by atoms with Crippen LogP contribution in [0.1, 0.15) is 0 Å². The highest BCUT2D eigenvalue weighted by molar-refractivity contribution is 6.38. The van der Waals surface area contributed by atoms with Gasteiger partial charge in [-0.1, -0.05) is 18.2 Å². The Labute approximate surface area is 95.1 Å². The Bertz CT molecular complexity index is 415. The average Bonchev–Trinajstić information content (AvgIpc) is 2.28. The van der Waals surface area contributed by atoms with E-state index in [1.807, 2.05) is 0 Å². The van der Waals surface area contributed by atoms with Crippen LogP contribution in [-0.4, -0.2) is 25.0 Å². The molecule has 7 heteroatoms. The Morgan fingerprint density at radius 3 is 2.35 bits per heavy atom. The number of nitrogens with one attached hydrogen (secondary N) is 1. The first-order valence-electron chi connectivity index (χ1n) is 4.49. The zero-order valence-electron chi connectivity index (χ0n) is 8.78. The number of methoxy groups -OCH3 is 1. The van der Waals surface area contributed by atoms with Crippen LogP contribution in [0.3, 0.4) is 0 Å². The molecule has 1 N–H and O–H groups in total. The molecule has 0 unspecified atom stereocenters. The molecule has 0 spiro atoms. The summed E-state index contributed by atoms with van der Waals surface area (Å²) in [5.41, 5.74) is 0.830. The molecular weight excluding hydrogens is 237 g/mol. The number of anilines is 1. The van der Waals surface area contributed by atoms with Crippen molar-refractivity contribution in [3.05, 3.63) is 30.3 Å². The molecule has 1 aromatic rings. The first-order chi connectivity index (χ1) is 7.95. The monoisotopic (exact) mass is 246 g/mol. The second-order valence-corrected chi connectivity index (χ2v) is 2.93. The standard InChI is InChI=1S/C10H9F3N2O2/c1-17-9(16)8(10(11,12)13)15-14-7-5-3-2-4-6-7/h2-6,14H,1H3/b15-8+. The van der Waals surface area contributed by atoms with Crippen molar-refractivity contribution in [2.45, 2.75) is 6.18 Å². The molecule has 0 saturated carbocycles. The predicted octanol–water partition coefficient (Wildman–Crippen LogP) is 2.19. The van der Waals surface area contributed by atoms with E-state index < -0.39 is 17.9 Å². The summed E-state index contributed by atoms with van der Waals surface area (Å²) in [6.07, 6.45) is -4.87. The van der Waals surface area contributed by atoms with Crippen LogP contribution in [0.25, 0.3) is 0 Å². The second kappa shape index (κ2) is 5.33. The molecule has 0 aliphatic rings. The van der Waals surface area contributed by atoms with E-state index in [1.165, 1.54) is 12.1 Å². The van der Waals surface area contributed by atoms with Gasteiger partial charge in [-0.25, -0.2) is 4.79 Å². The van der Waals surface area contributed by atoms with Crippen LogP contribution in [0.15, 0.2) is 35.4 Å².